The number of carbonyl (C=O) groups is 1. The van der Waals surface area contributed by atoms with E-state index in [2.05, 4.69) is 20.5 Å². The standard InChI is InChI=1S/C27H26N4O4S/c32-15-18-9-11-19(12-10-18)24-14-23(16-36-27-28-17-29-31-27)34-26(35-24)21-7-4-8-22(13-21)30-25(33)20-5-2-1-3-6-20/h1-13,17,23-24,26,32H,14-16H2,(H,30,33)(H,28,29,31). The van der Waals surface area contributed by atoms with E-state index in [1.807, 2.05) is 66.7 Å². The lowest BCUT2D eigenvalue weighted by Gasteiger charge is -2.36. The van der Waals surface area contributed by atoms with E-state index in [0.717, 1.165) is 21.8 Å². The number of aliphatic hydroxyl groups is 1. The summed E-state index contributed by atoms with van der Waals surface area (Å²) in [5.74, 6) is 0.492. The Labute approximate surface area is 213 Å². The fraction of sp³-hybridized carbons (Fsp3) is 0.222. The number of carbonyl (C=O) groups excluding carboxylic acids is 1. The van der Waals surface area contributed by atoms with Gasteiger partial charge in [-0.15, -0.1) is 0 Å². The van der Waals surface area contributed by atoms with E-state index in [1.54, 1.807) is 23.9 Å². The normalized spacial score (nSPS) is 19.6. The minimum Gasteiger partial charge on any atom is -0.392 e. The largest absolute Gasteiger partial charge is 0.392 e. The average molecular weight is 503 g/mol. The van der Waals surface area contributed by atoms with Crippen LogP contribution >= 0.6 is 11.8 Å². The van der Waals surface area contributed by atoms with Gasteiger partial charge in [0.15, 0.2) is 11.4 Å². The lowest BCUT2D eigenvalue weighted by molar-refractivity contribution is -0.245. The quantitative estimate of drug-likeness (QED) is 0.294. The predicted octanol–water partition coefficient (Wildman–Crippen LogP) is 4.89. The third-order valence-electron chi connectivity index (χ3n) is 5.87. The van der Waals surface area contributed by atoms with Crippen LogP contribution in [0.1, 0.15) is 45.9 Å². The fourth-order valence-corrected chi connectivity index (χ4v) is 4.81. The first-order valence-corrected chi connectivity index (χ1v) is 12.6. The summed E-state index contributed by atoms with van der Waals surface area (Å²) in [6, 6.07) is 24.4. The summed E-state index contributed by atoms with van der Waals surface area (Å²) < 4.78 is 12.8. The Morgan fingerprint density at radius 1 is 1.03 bits per heavy atom. The van der Waals surface area contributed by atoms with Crippen molar-refractivity contribution in [2.24, 2.45) is 0 Å². The van der Waals surface area contributed by atoms with Gasteiger partial charge in [-0.25, -0.2) is 4.98 Å². The van der Waals surface area contributed by atoms with E-state index >= 15 is 0 Å². The molecule has 9 heteroatoms. The van der Waals surface area contributed by atoms with Crippen LogP contribution in [0.3, 0.4) is 0 Å². The second kappa shape index (κ2) is 11.5. The van der Waals surface area contributed by atoms with Gasteiger partial charge in [0.05, 0.1) is 18.8 Å². The number of amides is 1. The minimum absolute atomic E-state index is 0.00448. The van der Waals surface area contributed by atoms with Crippen molar-refractivity contribution >= 4 is 23.4 Å². The third-order valence-corrected chi connectivity index (χ3v) is 6.88. The van der Waals surface area contributed by atoms with Gasteiger partial charge in [0, 0.05) is 29.0 Å². The summed E-state index contributed by atoms with van der Waals surface area (Å²) >= 11 is 1.54. The summed E-state index contributed by atoms with van der Waals surface area (Å²) in [6.07, 6.45) is 1.23. The molecule has 1 saturated heterocycles. The lowest BCUT2D eigenvalue weighted by atomic mass is 10.0. The van der Waals surface area contributed by atoms with Crippen LogP contribution in [0.2, 0.25) is 0 Å². The van der Waals surface area contributed by atoms with Crippen LogP contribution in [0, 0.1) is 0 Å². The number of hydrogen-bond acceptors (Lipinski definition) is 7. The molecule has 5 rings (SSSR count). The average Bonchev–Trinajstić information content (AvgIpc) is 3.46. The van der Waals surface area contributed by atoms with E-state index in [0.29, 0.717) is 23.4 Å². The van der Waals surface area contributed by atoms with Crippen molar-refractivity contribution in [2.45, 2.75) is 36.7 Å². The van der Waals surface area contributed by atoms with Crippen molar-refractivity contribution < 1.29 is 19.4 Å². The first-order chi connectivity index (χ1) is 17.7. The molecule has 1 aromatic heterocycles. The molecule has 1 aliphatic heterocycles. The number of aliphatic hydroxyl groups excluding tert-OH is 1. The smallest absolute Gasteiger partial charge is 0.255 e. The van der Waals surface area contributed by atoms with Gasteiger partial charge < -0.3 is 19.9 Å². The SMILES string of the molecule is O=C(Nc1cccc(C2OC(CSc3ncn[nH]3)CC(c3ccc(CO)cc3)O2)c1)c1ccccc1. The monoisotopic (exact) mass is 502 g/mol. The predicted molar refractivity (Wildman–Crippen MR) is 136 cm³/mol. The maximum atomic E-state index is 12.6. The van der Waals surface area contributed by atoms with Gasteiger partial charge in [0.1, 0.15) is 6.33 Å². The Hall–Kier alpha value is -3.50. The van der Waals surface area contributed by atoms with E-state index < -0.39 is 6.29 Å². The zero-order chi connectivity index (χ0) is 24.7. The molecule has 1 amide bonds. The summed E-state index contributed by atoms with van der Waals surface area (Å²) in [5.41, 5.74) is 3.93. The number of ether oxygens (including phenoxy) is 2. The highest BCUT2D eigenvalue weighted by atomic mass is 32.2. The van der Waals surface area contributed by atoms with Crippen LogP contribution in [0.4, 0.5) is 5.69 Å². The zero-order valence-electron chi connectivity index (χ0n) is 19.4. The molecule has 1 fully saturated rings. The first kappa shape index (κ1) is 24.2. The fourth-order valence-electron chi connectivity index (χ4n) is 4.01. The number of aromatic nitrogens is 3. The number of anilines is 1. The van der Waals surface area contributed by atoms with Crippen molar-refractivity contribution in [2.75, 3.05) is 11.1 Å². The Kier molecular flexibility index (Phi) is 7.73. The Bertz CT molecular complexity index is 1270. The molecule has 3 unspecified atom stereocenters. The number of aromatic amines is 1. The molecule has 3 atom stereocenters. The summed E-state index contributed by atoms with van der Waals surface area (Å²) in [5, 5.41) is 19.8. The molecule has 184 valence electrons. The van der Waals surface area contributed by atoms with Crippen LogP contribution in [0.5, 0.6) is 0 Å². The molecule has 0 saturated carbocycles. The van der Waals surface area contributed by atoms with Gasteiger partial charge in [0.2, 0.25) is 0 Å². The highest BCUT2D eigenvalue weighted by Gasteiger charge is 2.32. The number of rotatable bonds is 8. The second-order valence-electron chi connectivity index (χ2n) is 8.40. The molecule has 36 heavy (non-hydrogen) atoms. The topological polar surface area (TPSA) is 109 Å². The summed E-state index contributed by atoms with van der Waals surface area (Å²) in [7, 11) is 0. The molecule has 3 N–H and O–H groups in total. The van der Waals surface area contributed by atoms with E-state index in [4.69, 9.17) is 9.47 Å². The molecule has 2 heterocycles. The van der Waals surface area contributed by atoms with Crippen LogP contribution in [0.25, 0.3) is 0 Å². The Morgan fingerprint density at radius 3 is 2.61 bits per heavy atom. The Balaban J connectivity index is 1.35. The number of thioether (sulfide) groups is 1. The lowest BCUT2D eigenvalue weighted by Crippen LogP contribution is -2.31. The van der Waals surface area contributed by atoms with Crippen molar-refractivity contribution in [3.63, 3.8) is 0 Å². The van der Waals surface area contributed by atoms with Crippen LogP contribution in [0.15, 0.2) is 90.3 Å². The highest BCUT2D eigenvalue weighted by molar-refractivity contribution is 7.99. The van der Waals surface area contributed by atoms with Gasteiger partial charge >= 0.3 is 0 Å². The zero-order valence-corrected chi connectivity index (χ0v) is 20.2. The summed E-state index contributed by atoms with van der Waals surface area (Å²) in [4.78, 5) is 16.8. The number of benzene rings is 3. The van der Waals surface area contributed by atoms with Gasteiger partial charge in [0.25, 0.3) is 5.91 Å². The Morgan fingerprint density at radius 2 is 1.86 bits per heavy atom. The number of H-pyrrole nitrogens is 1. The maximum Gasteiger partial charge on any atom is 0.255 e. The summed E-state index contributed by atoms with van der Waals surface area (Å²) in [6.45, 7) is -0.00448. The van der Waals surface area contributed by atoms with Crippen molar-refractivity contribution in [1.82, 2.24) is 15.2 Å². The van der Waals surface area contributed by atoms with E-state index in [-0.39, 0.29) is 24.7 Å². The van der Waals surface area contributed by atoms with Gasteiger partial charge in [-0.05, 0) is 35.4 Å². The third kappa shape index (κ3) is 6.00. The molecule has 0 bridgehead atoms. The molecular weight excluding hydrogens is 476 g/mol. The number of nitrogens with one attached hydrogen (secondary N) is 2. The highest BCUT2D eigenvalue weighted by Crippen LogP contribution is 2.39. The van der Waals surface area contributed by atoms with E-state index in [1.165, 1.54) is 6.33 Å². The molecule has 0 spiro atoms. The molecule has 0 aliphatic carbocycles. The number of hydrogen-bond donors (Lipinski definition) is 3. The van der Waals surface area contributed by atoms with Gasteiger partial charge in [-0.2, -0.15) is 5.10 Å². The van der Waals surface area contributed by atoms with Crippen LogP contribution in [-0.4, -0.2) is 38.1 Å². The van der Waals surface area contributed by atoms with Crippen molar-refractivity contribution in [1.29, 1.82) is 0 Å². The first-order valence-electron chi connectivity index (χ1n) is 11.6. The van der Waals surface area contributed by atoms with E-state index in [9.17, 15) is 9.90 Å². The second-order valence-corrected chi connectivity index (χ2v) is 9.41. The molecule has 3 aromatic carbocycles. The van der Waals surface area contributed by atoms with Gasteiger partial charge in [-0.3, -0.25) is 9.89 Å². The number of nitrogens with zero attached hydrogens (tertiary/aromatic N) is 2. The van der Waals surface area contributed by atoms with Crippen LogP contribution < -0.4 is 5.32 Å². The molecule has 1 aliphatic rings. The van der Waals surface area contributed by atoms with Crippen LogP contribution in [-0.2, 0) is 16.1 Å². The molecule has 4 aromatic rings. The maximum absolute atomic E-state index is 12.6. The van der Waals surface area contributed by atoms with Gasteiger partial charge in [-0.1, -0.05) is 66.4 Å². The molecular formula is C27H26N4O4S. The van der Waals surface area contributed by atoms with Crippen molar-refractivity contribution in [3.8, 4) is 0 Å². The van der Waals surface area contributed by atoms with Crippen molar-refractivity contribution in [3.05, 3.63) is 107 Å². The molecule has 0 radical (unpaired) electrons. The minimum atomic E-state index is -0.616. The molecule has 8 nitrogen and oxygen atoms in total.